The van der Waals surface area contributed by atoms with Gasteiger partial charge in [0, 0.05) is 19.2 Å². The maximum absolute atomic E-state index is 9.14. The lowest BCUT2D eigenvalue weighted by Gasteiger charge is -2.34. The van der Waals surface area contributed by atoms with Gasteiger partial charge in [0.25, 0.3) is 0 Å². The van der Waals surface area contributed by atoms with Crippen LogP contribution in [0.3, 0.4) is 0 Å². The lowest BCUT2D eigenvalue weighted by Crippen LogP contribution is -2.44. The number of hydrogen-bond donors (Lipinski definition) is 2. The van der Waals surface area contributed by atoms with Crippen LogP contribution in [0, 0.1) is 5.92 Å². The van der Waals surface area contributed by atoms with Gasteiger partial charge in [-0.15, -0.1) is 0 Å². The number of nitrogens with zero attached hydrogens (tertiary/aromatic N) is 1. The molecule has 1 atom stereocenters. The molecular weight excluding hydrogens is 260 g/mol. The summed E-state index contributed by atoms with van der Waals surface area (Å²) in [4.78, 5) is 2.56. The molecule has 21 heavy (non-hydrogen) atoms. The SMILES string of the molecule is CCNC(CCO)CN1CCC(Cc2ccccc2)CC1. The van der Waals surface area contributed by atoms with Crippen molar-refractivity contribution < 1.29 is 5.11 Å². The quantitative estimate of drug-likeness (QED) is 0.771. The van der Waals surface area contributed by atoms with E-state index in [-0.39, 0.29) is 6.61 Å². The first kappa shape index (κ1) is 16.5. The number of nitrogens with one attached hydrogen (secondary N) is 1. The Morgan fingerprint density at radius 2 is 1.95 bits per heavy atom. The Morgan fingerprint density at radius 1 is 1.24 bits per heavy atom. The van der Waals surface area contributed by atoms with Crippen molar-refractivity contribution in [2.24, 2.45) is 5.92 Å². The monoisotopic (exact) mass is 290 g/mol. The van der Waals surface area contributed by atoms with E-state index in [0.717, 1.165) is 25.4 Å². The van der Waals surface area contributed by atoms with Crippen LogP contribution in [0.1, 0.15) is 31.7 Å². The number of aliphatic hydroxyl groups is 1. The average molecular weight is 290 g/mol. The Bertz CT molecular complexity index is 368. The van der Waals surface area contributed by atoms with Crippen LogP contribution in [-0.4, -0.2) is 48.8 Å². The van der Waals surface area contributed by atoms with Gasteiger partial charge in [-0.25, -0.2) is 0 Å². The molecule has 2 rings (SSSR count). The number of rotatable bonds is 8. The molecule has 118 valence electrons. The molecule has 3 nitrogen and oxygen atoms in total. The van der Waals surface area contributed by atoms with E-state index in [4.69, 9.17) is 5.11 Å². The molecule has 0 aromatic heterocycles. The molecule has 0 radical (unpaired) electrons. The summed E-state index contributed by atoms with van der Waals surface area (Å²) < 4.78 is 0. The predicted octanol–water partition coefficient (Wildman–Crippen LogP) is 2.30. The highest BCUT2D eigenvalue weighted by molar-refractivity contribution is 5.15. The van der Waals surface area contributed by atoms with Crippen LogP contribution in [-0.2, 0) is 6.42 Å². The molecule has 1 aromatic rings. The van der Waals surface area contributed by atoms with Gasteiger partial charge in [-0.1, -0.05) is 37.3 Å². The summed E-state index contributed by atoms with van der Waals surface area (Å²) in [6.07, 6.45) is 4.68. The van der Waals surface area contributed by atoms with E-state index >= 15 is 0 Å². The summed E-state index contributed by atoms with van der Waals surface area (Å²) in [5, 5.41) is 12.6. The fraction of sp³-hybridized carbons (Fsp3) is 0.667. The molecular formula is C18H30N2O. The van der Waals surface area contributed by atoms with Gasteiger partial charge in [-0.3, -0.25) is 0 Å². The summed E-state index contributed by atoms with van der Waals surface area (Å²) in [6.45, 7) is 6.87. The second kappa shape index (κ2) is 9.19. The standard InChI is InChI=1S/C18H30N2O/c1-2-19-18(10-13-21)15-20-11-8-17(9-12-20)14-16-6-4-3-5-7-16/h3-7,17-19,21H,2,8-15H2,1H3. The summed E-state index contributed by atoms with van der Waals surface area (Å²) in [5.74, 6) is 0.832. The van der Waals surface area contributed by atoms with Crippen LogP contribution in [0.2, 0.25) is 0 Å². The molecule has 1 aromatic carbocycles. The number of benzene rings is 1. The highest BCUT2D eigenvalue weighted by Gasteiger charge is 2.21. The molecule has 1 aliphatic rings. The van der Waals surface area contributed by atoms with E-state index in [1.54, 1.807) is 0 Å². The van der Waals surface area contributed by atoms with Crippen LogP contribution in [0.5, 0.6) is 0 Å². The van der Waals surface area contributed by atoms with E-state index in [1.807, 2.05) is 0 Å². The van der Waals surface area contributed by atoms with Crippen molar-refractivity contribution in [1.82, 2.24) is 10.2 Å². The Kier molecular flexibility index (Phi) is 7.20. The number of piperidine rings is 1. The fourth-order valence-electron chi connectivity index (χ4n) is 3.33. The molecule has 0 aliphatic carbocycles. The minimum absolute atomic E-state index is 0.280. The molecule has 1 heterocycles. The largest absolute Gasteiger partial charge is 0.396 e. The zero-order valence-electron chi connectivity index (χ0n) is 13.3. The molecule has 1 fully saturated rings. The van der Waals surface area contributed by atoms with E-state index in [0.29, 0.717) is 6.04 Å². The first-order valence-corrected chi connectivity index (χ1v) is 8.42. The second-order valence-electron chi connectivity index (χ2n) is 6.20. The molecule has 1 aliphatic heterocycles. The number of hydrogen-bond acceptors (Lipinski definition) is 3. The first-order chi connectivity index (χ1) is 10.3. The smallest absolute Gasteiger partial charge is 0.0446 e. The third-order valence-corrected chi connectivity index (χ3v) is 4.52. The van der Waals surface area contributed by atoms with Crippen LogP contribution in [0.25, 0.3) is 0 Å². The van der Waals surface area contributed by atoms with Crippen molar-refractivity contribution in [2.75, 3.05) is 32.8 Å². The third-order valence-electron chi connectivity index (χ3n) is 4.52. The van der Waals surface area contributed by atoms with E-state index in [1.165, 1.54) is 37.9 Å². The molecule has 0 bridgehead atoms. The molecule has 1 saturated heterocycles. The van der Waals surface area contributed by atoms with Gasteiger partial charge in [0.1, 0.15) is 0 Å². The molecule has 0 spiro atoms. The number of aliphatic hydroxyl groups excluding tert-OH is 1. The Hall–Kier alpha value is -0.900. The second-order valence-corrected chi connectivity index (χ2v) is 6.20. The van der Waals surface area contributed by atoms with Gasteiger partial charge in [0.2, 0.25) is 0 Å². The van der Waals surface area contributed by atoms with Crippen molar-refractivity contribution in [3.63, 3.8) is 0 Å². The van der Waals surface area contributed by atoms with Gasteiger partial charge < -0.3 is 15.3 Å². The lowest BCUT2D eigenvalue weighted by molar-refractivity contribution is 0.157. The van der Waals surface area contributed by atoms with Gasteiger partial charge >= 0.3 is 0 Å². The van der Waals surface area contributed by atoms with Crippen molar-refractivity contribution in [1.29, 1.82) is 0 Å². The van der Waals surface area contributed by atoms with Crippen molar-refractivity contribution >= 4 is 0 Å². The van der Waals surface area contributed by atoms with Crippen LogP contribution < -0.4 is 5.32 Å². The minimum atomic E-state index is 0.280. The highest BCUT2D eigenvalue weighted by atomic mass is 16.3. The minimum Gasteiger partial charge on any atom is -0.396 e. The summed E-state index contributed by atoms with van der Waals surface area (Å²) in [6, 6.07) is 11.3. The fourth-order valence-corrected chi connectivity index (χ4v) is 3.33. The van der Waals surface area contributed by atoms with Gasteiger partial charge in [-0.2, -0.15) is 0 Å². The van der Waals surface area contributed by atoms with Crippen molar-refractivity contribution in [3.05, 3.63) is 35.9 Å². The van der Waals surface area contributed by atoms with Crippen molar-refractivity contribution in [2.45, 2.75) is 38.6 Å². The van der Waals surface area contributed by atoms with Crippen LogP contribution in [0.15, 0.2) is 30.3 Å². The van der Waals surface area contributed by atoms with Crippen LogP contribution in [0.4, 0.5) is 0 Å². The predicted molar refractivity (Wildman–Crippen MR) is 88.5 cm³/mol. The van der Waals surface area contributed by atoms with E-state index < -0.39 is 0 Å². The topological polar surface area (TPSA) is 35.5 Å². The van der Waals surface area contributed by atoms with Crippen molar-refractivity contribution in [3.8, 4) is 0 Å². The Labute approximate surface area is 129 Å². The summed E-state index contributed by atoms with van der Waals surface area (Å²) >= 11 is 0. The van der Waals surface area contributed by atoms with Gasteiger partial charge in [0.15, 0.2) is 0 Å². The maximum atomic E-state index is 9.14. The van der Waals surface area contributed by atoms with Crippen LogP contribution >= 0.6 is 0 Å². The maximum Gasteiger partial charge on any atom is 0.0446 e. The summed E-state index contributed by atoms with van der Waals surface area (Å²) in [7, 11) is 0. The molecule has 1 unspecified atom stereocenters. The average Bonchev–Trinajstić information content (AvgIpc) is 2.51. The molecule has 2 N–H and O–H groups in total. The number of likely N-dealkylation sites (N-methyl/N-ethyl adjacent to an activating group) is 1. The summed E-state index contributed by atoms with van der Waals surface area (Å²) in [5.41, 5.74) is 1.47. The van der Waals surface area contributed by atoms with Gasteiger partial charge in [-0.05, 0) is 56.8 Å². The third kappa shape index (κ3) is 5.77. The normalized spacial score (nSPS) is 18.8. The number of likely N-dealkylation sites (tertiary alicyclic amines) is 1. The Balaban J connectivity index is 1.72. The molecule has 0 amide bonds. The zero-order valence-corrected chi connectivity index (χ0v) is 13.3. The molecule has 3 heteroatoms. The molecule has 0 saturated carbocycles. The van der Waals surface area contributed by atoms with Gasteiger partial charge in [0.05, 0.1) is 0 Å². The van der Waals surface area contributed by atoms with E-state index in [2.05, 4.69) is 47.5 Å². The first-order valence-electron chi connectivity index (χ1n) is 8.42. The van der Waals surface area contributed by atoms with E-state index in [9.17, 15) is 0 Å². The lowest BCUT2D eigenvalue weighted by atomic mass is 9.90. The Morgan fingerprint density at radius 3 is 2.57 bits per heavy atom. The highest BCUT2D eigenvalue weighted by Crippen LogP contribution is 2.21. The zero-order chi connectivity index (χ0) is 14.9.